The molecule has 1 saturated heterocycles. The number of carbonyl (C=O) groups is 2. The molecule has 0 spiro atoms. The number of amides is 2. The Morgan fingerprint density at radius 3 is 1.96 bits per heavy atom. The first-order chi connectivity index (χ1) is 12.4. The zero-order valence-electron chi connectivity index (χ0n) is 14.0. The van der Waals surface area contributed by atoms with E-state index in [-0.39, 0.29) is 0 Å². The quantitative estimate of drug-likeness (QED) is 0.854. The monoisotopic (exact) mass is 374 g/mol. The van der Waals surface area contributed by atoms with Gasteiger partial charge in [-0.05, 0) is 54.8 Å². The SMILES string of the molecule is NC(=O)N1CCC(C(=O)O)(c2ccc(Oc3ccc(Cl)cc3)cc2)CC1. The first kappa shape index (κ1) is 18.1. The minimum atomic E-state index is -1.02. The van der Waals surface area contributed by atoms with E-state index in [4.69, 9.17) is 22.1 Å². The summed E-state index contributed by atoms with van der Waals surface area (Å²) in [7, 11) is 0. The van der Waals surface area contributed by atoms with Crippen molar-refractivity contribution < 1.29 is 19.4 Å². The molecule has 6 nitrogen and oxygen atoms in total. The van der Waals surface area contributed by atoms with Crippen LogP contribution in [0.2, 0.25) is 5.02 Å². The molecule has 2 aromatic rings. The highest BCUT2D eigenvalue weighted by Crippen LogP contribution is 2.37. The minimum Gasteiger partial charge on any atom is -0.481 e. The van der Waals surface area contributed by atoms with Gasteiger partial charge in [0.2, 0.25) is 0 Å². The lowest BCUT2D eigenvalue weighted by Crippen LogP contribution is -2.50. The van der Waals surface area contributed by atoms with E-state index in [2.05, 4.69) is 0 Å². The molecular formula is C19H19ClN2O4. The van der Waals surface area contributed by atoms with Crippen LogP contribution >= 0.6 is 11.6 Å². The van der Waals surface area contributed by atoms with Crippen LogP contribution in [-0.2, 0) is 10.2 Å². The molecule has 2 amide bonds. The summed E-state index contributed by atoms with van der Waals surface area (Å²) in [5, 5.41) is 10.4. The summed E-state index contributed by atoms with van der Waals surface area (Å²) < 4.78 is 5.74. The van der Waals surface area contributed by atoms with Gasteiger partial charge in [0, 0.05) is 18.1 Å². The van der Waals surface area contributed by atoms with Gasteiger partial charge in [-0.2, -0.15) is 0 Å². The third kappa shape index (κ3) is 3.60. The van der Waals surface area contributed by atoms with Crippen molar-refractivity contribution in [3.63, 3.8) is 0 Å². The molecule has 0 bridgehead atoms. The fourth-order valence-corrected chi connectivity index (χ4v) is 3.34. The summed E-state index contributed by atoms with van der Waals surface area (Å²) >= 11 is 5.85. The molecule has 0 unspecified atom stereocenters. The van der Waals surface area contributed by atoms with E-state index in [9.17, 15) is 14.7 Å². The van der Waals surface area contributed by atoms with Crippen molar-refractivity contribution >= 4 is 23.6 Å². The van der Waals surface area contributed by atoms with Crippen molar-refractivity contribution in [1.29, 1.82) is 0 Å². The summed E-state index contributed by atoms with van der Waals surface area (Å²) in [6, 6.07) is 13.5. The van der Waals surface area contributed by atoms with Gasteiger partial charge in [-0.3, -0.25) is 4.79 Å². The molecule has 3 N–H and O–H groups in total. The second-order valence-electron chi connectivity index (χ2n) is 6.29. The summed E-state index contributed by atoms with van der Waals surface area (Å²) in [6.07, 6.45) is 0.644. The standard InChI is InChI=1S/C19H19ClN2O4/c20-14-3-7-16(8-4-14)26-15-5-1-13(2-6-15)19(17(23)24)9-11-22(12-10-19)18(21)25/h1-8H,9-12H2,(H2,21,25)(H,23,24). The number of ether oxygens (including phenoxy) is 1. The van der Waals surface area contributed by atoms with Gasteiger partial charge >= 0.3 is 12.0 Å². The number of nitrogens with two attached hydrogens (primary N) is 1. The largest absolute Gasteiger partial charge is 0.481 e. The van der Waals surface area contributed by atoms with Gasteiger partial charge in [0.15, 0.2) is 0 Å². The molecule has 3 rings (SSSR count). The van der Waals surface area contributed by atoms with Gasteiger partial charge in [-0.15, -0.1) is 0 Å². The van der Waals surface area contributed by atoms with Crippen molar-refractivity contribution in [3.05, 3.63) is 59.1 Å². The number of piperidine rings is 1. The number of benzene rings is 2. The number of nitrogens with zero attached hydrogens (tertiary/aromatic N) is 1. The molecule has 7 heteroatoms. The average Bonchev–Trinajstić information content (AvgIpc) is 2.64. The third-order valence-electron chi connectivity index (χ3n) is 4.79. The maximum Gasteiger partial charge on any atom is 0.314 e. The number of primary amides is 1. The fourth-order valence-electron chi connectivity index (χ4n) is 3.22. The number of hydrogen-bond acceptors (Lipinski definition) is 3. The van der Waals surface area contributed by atoms with Crippen LogP contribution in [0, 0.1) is 0 Å². The highest BCUT2D eigenvalue weighted by molar-refractivity contribution is 6.30. The topological polar surface area (TPSA) is 92.9 Å². The Bertz CT molecular complexity index is 797. The molecule has 1 fully saturated rings. The van der Waals surface area contributed by atoms with Gasteiger partial charge in [0.1, 0.15) is 11.5 Å². The highest BCUT2D eigenvalue weighted by Gasteiger charge is 2.43. The number of likely N-dealkylation sites (tertiary alicyclic amines) is 1. The van der Waals surface area contributed by atoms with E-state index in [1.807, 2.05) is 0 Å². The van der Waals surface area contributed by atoms with Crippen molar-refractivity contribution in [3.8, 4) is 11.5 Å². The van der Waals surface area contributed by atoms with Gasteiger partial charge in [-0.25, -0.2) is 4.79 Å². The van der Waals surface area contributed by atoms with Crippen molar-refractivity contribution in [2.24, 2.45) is 5.73 Å². The number of hydrogen-bond donors (Lipinski definition) is 2. The third-order valence-corrected chi connectivity index (χ3v) is 5.05. The number of carboxylic acids is 1. The van der Waals surface area contributed by atoms with E-state index in [0.717, 1.165) is 0 Å². The van der Waals surface area contributed by atoms with Crippen molar-refractivity contribution in [2.75, 3.05) is 13.1 Å². The maximum absolute atomic E-state index is 12.0. The number of rotatable bonds is 4. The van der Waals surface area contributed by atoms with E-state index in [0.29, 0.717) is 48.0 Å². The Balaban J connectivity index is 1.78. The molecule has 136 valence electrons. The van der Waals surface area contributed by atoms with Gasteiger partial charge in [0.25, 0.3) is 0 Å². The van der Waals surface area contributed by atoms with Crippen LogP contribution < -0.4 is 10.5 Å². The second kappa shape index (κ2) is 7.25. The zero-order chi connectivity index (χ0) is 18.7. The lowest BCUT2D eigenvalue weighted by molar-refractivity contribution is -0.145. The summed E-state index contributed by atoms with van der Waals surface area (Å²) in [5.41, 5.74) is 4.96. The van der Waals surface area contributed by atoms with Gasteiger partial charge in [-0.1, -0.05) is 23.7 Å². The van der Waals surface area contributed by atoms with E-state index < -0.39 is 17.4 Å². The summed E-state index contributed by atoms with van der Waals surface area (Å²) in [4.78, 5) is 24.7. The minimum absolute atomic E-state index is 0.322. The molecule has 0 radical (unpaired) electrons. The predicted octanol–water partition coefficient (Wildman–Crippen LogP) is 3.63. The Morgan fingerprint density at radius 2 is 1.50 bits per heavy atom. The van der Waals surface area contributed by atoms with Crippen LogP contribution in [0.4, 0.5) is 4.79 Å². The molecule has 0 aromatic heterocycles. The fraction of sp³-hybridized carbons (Fsp3) is 0.263. The predicted molar refractivity (Wildman–Crippen MR) is 97.7 cm³/mol. The van der Waals surface area contributed by atoms with Crippen LogP contribution in [-0.4, -0.2) is 35.1 Å². The van der Waals surface area contributed by atoms with E-state index >= 15 is 0 Å². The molecule has 26 heavy (non-hydrogen) atoms. The molecule has 0 atom stereocenters. The number of carboxylic acid groups (broad SMARTS) is 1. The molecule has 1 heterocycles. The maximum atomic E-state index is 12.0. The Hall–Kier alpha value is -2.73. The second-order valence-corrected chi connectivity index (χ2v) is 6.73. The lowest BCUT2D eigenvalue weighted by Gasteiger charge is -2.38. The molecule has 0 aliphatic carbocycles. The Kier molecular flexibility index (Phi) is 5.04. The summed E-state index contributed by atoms with van der Waals surface area (Å²) in [6.45, 7) is 0.648. The molecule has 1 aliphatic rings. The van der Waals surface area contributed by atoms with E-state index in [1.165, 1.54) is 4.90 Å². The summed E-state index contributed by atoms with van der Waals surface area (Å²) in [5.74, 6) is 0.351. The Morgan fingerprint density at radius 1 is 1.00 bits per heavy atom. The highest BCUT2D eigenvalue weighted by atomic mass is 35.5. The first-order valence-corrected chi connectivity index (χ1v) is 8.60. The van der Waals surface area contributed by atoms with Crippen LogP contribution in [0.25, 0.3) is 0 Å². The van der Waals surface area contributed by atoms with Crippen molar-refractivity contribution in [2.45, 2.75) is 18.3 Å². The number of halogens is 1. The van der Waals surface area contributed by atoms with Crippen LogP contribution in [0.1, 0.15) is 18.4 Å². The normalized spacial score (nSPS) is 16.1. The Labute approximate surface area is 156 Å². The van der Waals surface area contributed by atoms with Crippen molar-refractivity contribution in [1.82, 2.24) is 4.90 Å². The number of carbonyl (C=O) groups excluding carboxylic acids is 1. The van der Waals surface area contributed by atoms with E-state index in [1.54, 1.807) is 48.5 Å². The number of urea groups is 1. The lowest BCUT2D eigenvalue weighted by atomic mass is 9.73. The average molecular weight is 375 g/mol. The van der Waals surface area contributed by atoms with Crippen LogP contribution in [0.5, 0.6) is 11.5 Å². The molecular weight excluding hydrogens is 356 g/mol. The first-order valence-electron chi connectivity index (χ1n) is 8.22. The smallest absolute Gasteiger partial charge is 0.314 e. The van der Waals surface area contributed by atoms with Gasteiger partial charge < -0.3 is 20.5 Å². The number of aliphatic carboxylic acids is 1. The molecule has 2 aromatic carbocycles. The molecule has 0 saturated carbocycles. The zero-order valence-corrected chi connectivity index (χ0v) is 14.8. The van der Waals surface area contributed by atoms with Crippen LogP contribution in [0.3, 0.4) is 0 Å². The van der Waals surface area contributed by atoms with Crippen LogP contribution in [0.15, 0.2) is 48.5 Å². The molecule has 1 aliphatic heterocycles. The van der Waals surface area contributed by atoms with Gasteiger partial charge in [0.05, 0.1) is 5.41 Å².